The minimum absolute atomic E-state index is 0.0598. The number of thiophene rings is 1. The van der Waals surface area contributed by atoms with Gasteiger partial charge in [-0.05, 0) is 55.6 Å². The van der Waals surface area contributed by atoms with E-state index in [1.807, 2.05) is 54.6 Å². The third-order valence-electron chi connectivity index (χ3n) is 4.97. The molecule has 28 heavy (non-hydrogen) atoms. The molecule has 146 valence electrons. The second-order valence-corrected chi connectivity index (χ2v) is 7.86. The molecule has 1 heterocycles. The summed E-state index contributed by atoms with van der Waals surface area (Å²) in [7, 11) is 0. The van der Waals surface area contributed by atoms with Crippen LogP contribution in [0.2, 0.25) is 0 Å². The Morgan fingerprint density at radius 1 is 1.11 bits per heavy atom. The van der Waals surface area contributed by atoms with Gasteiger partial charge in [0.05, 0.1) is 5.92 Å². The number of fused-ring (bicyclic) bond motifs is 1. The van der Waals surface area contributed by atoms with Crippen molar-refractivity contribution in [3.63, 3.8) is 0 Å². The first-order valence-corrected chi connectivity index (χ1v) is 10.3. The highest BCUT2D eigenvalue weighted by Crippen LogP contribution is 2.33. The SMILES string of the molecule is CCN(CC)c1ccc(C(=O)CC(C[N+](=O)[O-])c2cc3ccccc3s2)cc1. The molecule has 3 aromatic rings. The lowest BCUT2D eigenvalue weighted by atomic mass is 9.96. The van der Waals surface area contributed by atoms with Crippen LogP contribution in [0.5, 0.6) is 0 Å². The van der Waals surface area contributed by atoms with E-state index in [-0.39, 0.29) is 23.7 Å². The summed E-state index contributed by atoms with van der Waals surface area (Å²) in [6.45, 7) is 5.75. The highest BCUT2D eigenvalue weighted by molar-refractivity contribution is 7.19. The number of hydrogen-bond acceptors (Lipinski definition) is 5. The Kier molecular flexibility index (Phi) is 6.41. The van der Waals surface area contributed by atoms with E-state index >= 15 is 0 Å². The molecule has 0 aliphatic heterocycles. The molecule has 0 aliphatic rings. The monoisotopic (exact) mass is 396 g/mol. The number of anilines is 1. The summed E-state index contributed by atoms with van der Waals surface area (Å²) < 4.78 is 1.09. The summed E-state index contributed by atoms with van der Waals surface area (Å²) in [5.41, 5.74) is 1.68. The Morgan fingerprint density at radius 2 is 1.79 bits per heavy atom. The van der Waals surface area contributed by atoms with Gasteiger partial charge in [0.15, 0.2) is 5.78 Å². The molecular weight excluding hydrogens is 372 g/mol. The molecule has 0 saturated carbocycles. The van der Waals surface area contributed by atoms with E-state index in [0.717, 1.165) is 33.7 Å². The summed E-state index contributed by atoms with van der Waals surface area (Å²) in [5, 5.41) is 12.3. The number of carbonyl (C=O) groups is 1. The molecule has 2 aromatic carbocycles. The van der Waals surface area contributed by atoms with Crippen LogP contribution in [0.4, 0.5) is 5.69 Å². The smallest absolute Gasteiger partial charge is 0.211 e. The van der Waals surface area contributed by atoms with E-state index in [2.05, 4.69) is 18.7 Å². The van der Waals surface area contributed by atoms with Crippen LogP contribution in [0, 0.1) is 10.1 Å². The molecule has 1 unspecified atom stereocenters. The van der Waals surface area contributed by atoms with Crippen LogP contribution < -0.4 is 4.90 Å². The third-order valence-corrected chi connectivity index (χ3v) is 6.24. The van der Waals surface area contributed by atoms with E-state index < -0.39 is 5.92 Å². The first-order valence-electron chi connectivity index (χ1n) is 9.50. The lowest BCUT2D eigenvalue weighted by molar-refractivity contribution is -0.483. The molecule has 0 saturated heterocycles. The lowest BCUT2D eigenvalue weighted by Gasteiger charge is -2.21. The van der Waals surface area contributed by atoms with Crippen molar-refractivity contribution in [3.05, 3.63) is 75.2 Å². The minimum Gasteiger partial charge on any atom is -0.372 e. The number of nitrogens with zero attached hydrogens (tertiary/aromatic N) is 2. The quantitative estimate of drug-likeness (QED) is 0.277. The number of rotatable bonds is 9. The molecule has 6 heteroatoms. The third kappa shape index (κ3) is 4.57. The van der Waals surface area contributed by atoms with Gasteiger partial charge < -0.3 is 4.90 Å². The van der Waals surface area contributed by atoms with Gasteiger partial charge in [-0.25, -0.2) is 0 Å². The number of ketones is 1. The molecule has 1 atom stereocenters. The fourth-order valence-electron chi connectivity index (χ4n) is 3.43. The average Bonchev–Trinajstić information content (AvgIpc) is 3.13. The van der Waals surface area contributed by atoms with E-state index in [1.165, 1.54) is 11.3 Å². The second-order valence-electron chi connectivity index (χ2n) is 6.75. The van der Waals surface area contributed by atoms with Gasteiger partial charge in [0, 0.05) is 45.3 Å². The molecule has 0 amide bonds. The first-order chi connectivity index (χ1) is 13.5. The van der Waals surface area contributed by atoms with E-state index in [9.17, 15) is 14.9 Å². The van der Waals surface area contributed by atoms with E-state index in [4.69, 9.17) is 0 Å². The van der Waals surface area contributed by atoms with Gasteiger partial charge in [-0.15, -0.1) is 11.3 Å². The Labute approximate surface area is 168 Å². The Bertz CT molecular complexity index is 928. The van der Waals surface area contributed by atoms with Crippen LogP contribution in [-0.2, 0) is 0 Å². The normalized spacial score (nSPS) is 12.1. The molecule has 5 nitrogen and oxygen atoms in total. The van der Waals surface area contributed by atoms with Crippen molar-refractivity contribution in [2.75, 3.05) is 24.5 Å². The Hall–Kier alpha value is -2.73. The molecule has 3 rings (SSSR count). The van der Waals surface area contributed by atoms with Crippen LogP contribution in [0.25, 0.3) is 10.1 Å². The highest BCUT2D eigenvalue weighted by atomic mass is 32.1. The fraction of sp³-hybridized carbons (Fsp3) is 0.318. The predicted molar refractivity (Wildman–Crippen MR) is 115 cm³/mol. The largest absolute Gasteiger partial charge is 0.372 e. The molecular formula is C22H24N2O3S. The molecule has 0 aliphatic carbocycles. The van der Waals surface area contributed by atoms with E-state index in [1.54, 1.807) is 0 Å². The number of hydrogen-bond donors (Lipinski definition) is 0. The van der Waals surface area contributed by atoms with Gasteiger partial charge in [0.1, 0.15) is 0 Å². The average molecular weight is 397 g/mol. The standard InChI is InChI=1S/C22H24N2O3S/c1-3-23(4-2)19-11-9-16(10-12-19)20(25)13-18(15-24(26)27)22-14-17-7-5-6-8-21(17)28-22/h5-12,14,18H,3-4,13,15H2,1-2H3. The van der Waals surface area contributed by atoms with Crippen molar-refractivity contribution in [1.29, 1.82) is 0 Å². The van der Waals surface area contributed by atoms with Gasteiger partial charge in [-0.2, -0.15) is 0 Å². The summed E-state index contributed by atoms with van der Waals surface area (Å²) in [6.07, 6.45) is 0.137. The minimum atomic E-state index is -0.414. The molecule has 0 N–H and O–H groups in total. The second kappa shape index (κ2) is 8.97. The van der Waals surface area contributed by atoms with Crippen LogP contribution in [0.3, 0.4) is 0 Å². The molecule has 0 radical (unpaired) electrons. The summed E-state index contributed by atoms with van der Waals surface area (Å²) in [6, 6.07) is 17.4. The van der Waals surface area contributed by atoms with Crippen molar-refractivity contribution in [2.45, 2.75) is 26.2 Å². The number of nitro groups is 1. The fourth-order valence-corrected chi connectivity index (χ4v) is 4.58. The zero-order valence-electron chi connectivity index (χ0n) is 16.1. The summed E-state index contributed by atoms with van der Waals surface area (Å²) in [5.74, 6) is -0.474. The maximum Gasteiger partial charge on any atom is 0.211 e. The number of Topliss-reactive ketones (excluding diaryl/α,β-unsaturated/α-hetero) is 1. The molecule has 0 fully saturated rings. The van der Waals surface area contributed by atoms with E-state index in [0.29, 0.717) is 5.56 Å². The highest BCUT2D eigenvalue weighted by Gasteiger charge is 2.24. The zero-order valence-corrected chi connectivity index (χ0v) is 16.9. The maximum atomic E-state index is 12.8. The van der Waals surface area contributed by atoms with Gasteiger partial charge in [-0.3, -0.25) is 14.9 Å². The number of carbonyl (C=O) groups excluding carboxylic acids is 1. The van der Waals surface area contributed by atoms with Gasteiger partial charge >= 0.3 is 0 Å². The summed E-state index contributed by atoms with van der Waals surface area (Å²) >= 11 is 1.53. The van der Waals surface area contributed by atoms with Crippen molar-refractivity contribution >= 4 is 32.9 Å². The van der Waals surface area contributed by atoms with Crippen molar-refractivity contribution in [1.82, 2.24) is 0 Å². The molecule has 1 aromatic heterocycles. The van der Waals surface area contributed by atoms with Crippen LogP contribution in [-0.4, -0.2) is 30.3 Å². The van der Waals surface area contributed by atoms with Crippen LogP contribution in [0.15, 0.2) is 54.6 Å². The van der Waals surface area contributed by atoms with Gasteiger partial charge in [-0.1, -0.05) is 18.2 Å². The topological polar surface area (TPSA) is 63.5 Å². The van der Waals surface area contributed by atoms with Crippen LogP contribution in [0.1, 0.15) is 41.4 Å². The molecule has 0 spiro atoms. The lowest BCUT2D eigenvalue weighted by Crippen LogP contribution is -2.21. The molecule has 0 bridgehead atoms. The Morgan fingerprint density at radius 3 is 2.39 bits per heavy atom. The zero-order chi connectivity index (χ0) is 20.1. The number of benzene rings is 2. The summed E-state index contributed by atoms with van der Waals surface area (Å²) in [4.78, 5) is 26.8. The van der Waals surface area contributed by atoms with Crippen LogP contribution >= 0.6 is 11.3 Å². The van der Waals surface area contributed by atoms with Gasteiger partial charge in [0.2, 0.25) is 6.54 Å². The van der Waals surface area contributed by atoms with Crippen molar-refractivity contribution in [3.8, 4) is 0 Å². The van der Waals surface area contributed by atoms with Gasteiger partial charge in [0.25, 0.3) is 0 Å². The first kappa shape index (κ1) is 20.0. The predicted octanol–water partition coefficient (Wildman–Crippen LogP) is 5.38. The van der Waals surface area contributed by atoms with Crippen molar-refractivity contribution < 1.29 is 9.72 Å². The van der Waals surface area contributed by atoms with Crippen molar-refractivity contribution in [2.24, 2.45) is 0 Å². The Balaban J connectivity index is 1.80. The maximum absolute atomic E-state index is 12.8.